The van der Waals surface area contributed by atoms with Crippen LogP contribution in [0.2, 0.25) is 0 Å². The molecule has 1 aromatic heterocycles. The maximum atomic E-state index is 13.1. The number of carbonyl (C=O) groups excluding carboxylic acids is 1. The molecule has 2 heterocycles. The van der Waals surface area contributed by atoms with Crippen LogP contribution in [0.25, 0.3) is 0 Å². The molecule has 0 saturated carbocycles. The number of aromatic nitrogens is 2. The number of hydrogen-bond donors (Lipinski definition) is 1. The highest BCUT2D eigenvalue weighted by molar-refractivity contribution is 5.91. The van der Waals surface area contributed by atoms with E-state index in [4.69, 9.17) is 0 Å². The Morgan fingerprint density at radius 2 is 1.89 bits per heavy atom. The Kier molecular flexibility index (Phi) is 4.78. The average molecular weight is 361 g/mol. The molecule has 27 heavy (non-hydrogen) atoms. The Morgan fingerprint density at radius 3 is 2.67 bits per heavy atom. The second-order valence-electron chi connectivity index (χ2n) is 6.71. The van der Waals surface area contributed by atoms with Crippen molar-refractivity contribution in [2.75, 3.05) is 29.9 Å². The first-order valence-corrected chi connectivity index (χ1v) is 9.10. The van der Waals surface area contributed by atoms with E-state index in [1.807, 2.05) is 60.6 Å². The van der Waals surface area contributed by atoms with Gasteiger partial charge in [-0.1, -0.05) is 36.4 Å². The van der Waals surface area contributed by atoms with Gasteiger partial charge in [-0.25, -0.2) is 9.78 Å². The van der Waals surface area contributed by atoms with E-state index in [-0.39, 0.29) is 6.03 Å². The summed E-state index contributed by atoms with van der Waals surface area (Å²) in [4.78, 5) is 26.4. The van der Waals surface area contributed by atoms with Crippen molar-refractivity contribution in [1.82, 2.24) is 14.9 Å². The minimum Gasteiger partial charge on any atom is -0.364 e. The predicted octanol–water partition coefficient (Wildman–Crippen LogP) is 3.49. The molecule has 0 radical (unpaired) electrons. The molecule has 138 valence electrons. The number of aromatic amines is 1. The molecule has 1 aliphatic rings. The summed E-state index contributed by atoms with van der Waals surface area (Å²) < 4.78 is 0. The van der Waals surface area contributed by atoms with Gasteiger partial charge in [0.15, 0.2) is 0 Å². The van der Waals surface area contributed by atoms with E-state index in [1.165, 1.54) is 0 Å². The standard InChI is InChI=1S/C21H23N5O/c1-24(19-8-3-2-4-9-19)21(27)26-12-11-25(15-18-13-22-16-23-18)20-10-6-5-7-17(20)14-26/h2-10,13,16H,11-12,14-15H2,1H3,(H,22,23). The van der Waals surface area contributed by atoms with E-state index >= 15 is 0 Å². The molecular weight excluding hydrogens is 338 g/mol. The van der Waals surface area contributed by atoms with Crippen LogP contribution >= 0.6 is 0 Å². The molecule has 0 atom stereocenters. The quantitative estimate of drug-likeness (QED) is 0.777. The third kappa shape index (κ3) is 3.65. The lowest BCUT2D eigenvalue weighted by Gasteiger charge is -2.27. The molecule has 6 heteroatoms. The van der Waals surface area contributed by atoms with E-state index in [0.717, 1.165) is 35.7 Å². The smallest absolute Gasteiger partial charge is 0.324 e. The molecule has 0 bridgehead atoms. The summed E-state index contributed by atoms with van der Waals surface area (Å²) in [7, 11) is 1.83. The first-order chi connectivity index (χ1) is 13.2. The molecule has 3 aromatic rings. The highest BCUT2D eigenvalue weighted by Gasteiger charge is 2.25. The van der Waals surface area contributed by atoms with Crippen molar-refractivity contribution in [3.63, 3.8) is 0 Å². The van der Waals surface area contributed by atoms with Gasteiger partial charge in [0.1, 0.15) is 0 Å². The third-order valence-corrected chi connectivity index (χ3v) is 4.94. The van der Waals surface area contributed by atoms with Gasteiger partial charge in [-0.2, -0.15) is 0 Å². The Hall–Kier alpha value is -3.28. The lowest BCUT2D eigenvalue weighted by molar-refractivity contribution is 0.206. The summed E-state index contributed by atoms with van der Waals surface area (Å²) in [5, 5.41) is 0. The molecule has 1 N–H and O–H groups in total. The summed E-state index contributed by atoms with van der Waals surface area (Å²) in [5.41, 5.74) is 4.21. The number of anilines is 2. The monoisotopic (exact) mass is 361 g/mol. The normalized spacial score (nSPS) is 13.8. The fraction of sp³-hybridized carbons (Fsp3) is 0.238. The van der Waals surface area contributed by atoms with Crippen LogP contribution < -0.4 is 9.80 Å². The number of benzene rings is 2. The minimum absolute atomic E-state index is 0.0117. The van der Waals surface area contributed by atoms with Crippen LogP contribution in [0, 0.1) is 0 Å². The zero-order valence-electron chi connectivity index (χ0n) is 15.4. The number of imidazole rings is 1. The maximum Gasteiger partial charge on any atom is 0.324 e. The van der Waals surface area contributed by atoms with Gasteiger partial charge in [0.2, 0.25) is 0 Å². The molecular formula is C21H23N5O. The number of carbonyl (C=O) groups is 1. The van der Waals surface area contributed by atoms with Gasteiger partial charge in [0, 0.05) is 44.3 Å². The number of nitrogens with one attached hydrogen (secondary N) is 1. The topological polar surface area (TPSA) is 55.5 Å². The number of rotatable bonds is 3. The first kappa shape index (κ1) is 17.1. The van der Waals surface area contributed by atoms with E-state index in [1.54, 1.807) is 11.2 Å². The zero-order chi connectivity index (χ0) is 18.6. The van der Waals surface area contributed by atoms with E-state index in [2.05, 4.69) is 27.0 Å². The van der Waals surface area contributed by atoms with Gasteiger partial charge in [-0.05, 0) is 23.8 Å². The Balaban J connectivity index is 1.57. The van der Waals surface area contributed by atoms with Crippen LogP contribution in [0.4, 0.5) is 16.2 Å². The molecule has 4 rings (SSSR count). The molecule has 6 nitrogen and oxygen atoms in total. The number of amides is 2. The number of H-pyrrole nitrogens is 1. The van der Waals surface area contributed by atoms with Crippen molar-refractivity contribution < 1.29 is 4.79 Å². The third-order valence-electron chi connectivity index (χ3n) is 4.94. The van der Waals surface area contributed by atoms with E-state index in [9.17, 15) is 4.79 Å². The molecule has 0 aliphatic carbocycles. The van der Waals surface area contributed by atoms with Crippen molar-refractivity contribution in [1.29, 1.82) is 0 Å². The highest BCUT2D eigenvalue weighted by atomic mass is 16.2. The van der Waals surface area contributed by atoms with Crippen molar-refractivity contribution in [3.8, 4) is 0 Å². The summed E-state index contributed by atoms with van der Waals surface area (Å²) in [5.74, 6) is 0. The summed E-state index contributed by atoms with van der Waals surface area (Å²) >= 11 is 0. The second kappa shape index (κ2) is 7.53. The van der Waals surface area contributed by atoms with Crippen LogP contribution in [-0.4, -0.2) is 41.0 Å². The highest BCUT2D eigenvalue weighted by Crippen LogP contribution is 2.27. The first-order valence-electron chi connectivity index (χ1n) is 9.10. The Labute approximate surface area is 159 Å². The minimum atomic E-state index is 0.0117. The van der Waals surface area contributed by atoms with Gasteiger partial charge < -0.3 is 14.8 Å². The SMILES string of the molecule is CN(C(=O)N1CCN(Cc2c[nH]cn2)c2ccccc2C1)c1ccccc1. The van der Waals surface area contributed by atoms with Crippen LogP contribution in [-0.2, 0) is 13.1 Å². The van der Waals surface area contributed by atoms with E-state index < -0.39 is 0 Å². The molecule has 2 amide bonds. The van der Waals surface area contributed by atoms with Gasteiger partial charge in [0.25, 0.3) is 0 Å². The van der Waals surface area contributed by atoms with Gasteiger partial charge in [-0.15, -0.1) is 0 Å². The van der Waals surface area contributed by atoms with Gasteiger partial charge in [0.05, 0.1) is 18.6 Å². The summed E-state index contributed by atoms with van der Waals surface area (Å²) in [6, 6.07) is 18.1. The number of urea groups is 1. The van der Waals surface area contributed by atoms with Gasteiger partial charge in [-0.3, -0.25) is 4.90 Å². The van der Waals surface area contributed by atoms with Crippen LogP contribution in [0.5, 0.6) is 0 Å². The second-order valence-corrected chi connectivity index (χ2v) is 6.71. The van der Waals surface area contributed by atoms with Crippen molar-refractivity contribution in [3.05, 3.63) is 78.4 Å². The largest absolute Gasteiger partial charge is 0.364 e. The van der Waals surface area contributed by atoms with Crippen molar-refractivity contribution in [2.45, 2.75) is 13.1 Å². The maximum absolute atomic E-state index is 13.1. The van der Waals surface area contributed by atoms with Crippen LogP contribution in [0.3, 0.4) is 0 Å². The Morgan fingerprint density at radius 1 is 1.11 bits per heavy atom. The fourth-order valence-electron chi connectivity index (χ4n) is 3.47. The fourth-order valence-corrected chi connectivity index (χ4v) is 3.47. The van der Waals surface area contributed by atoms with Crippen molar-refractivity contribution >= 4 is 17.4 Å². The van der Waals surface area contributed by atoms with Crippen LogP contribution in [0.15, 0.2) is 67.1 Å². The lowest BCUT2D eigenvalue weighted by atomic mass is 10.1. The summed E-state index contributed by atoms with van der Waals surface area (Å²) in [6.45, 7) is 2.74. The number of fused-ring (bicyclic) bond motifs is 1. The number of hydrogen-bond acceptors (Lipinski definition) is 3. The van der Waals surface area contributed by atoms with Crippen LogP contribution in [0.1, 0.15) is 11.3 Å². The molecule has 0 unspecified atom stereocenters. The molecule has 0 saturated heterocycles. The lowest BCUT2D eigenvalue weighted by Crippen LogP contribution is -2.42. The van der Waals surface area contributed by atoms with Crippen molar-refractivity contribution in [2.24, 2.45) is 0 Å². The molecule has 2 aromatic carbocycles. The summed E-state index contributed by atoms with van der Waals surface area (Å²) in [6.07, 6.45) is 3.61. The molecule has 0 spiro atoms. The number of nitrogens with zero attached hydrogens (tertiary/aromatic N) is 4. The number of para-hydroxylation sites is 2. The Bertz CT molecular complexity index is 894. The molecule has 1 aliphatic heterocycles. The predicted molar refractivity (Wildman–Crippen MR) is 107 cm³/mol. The zero-order valence-corrected chi connectivity index (χ0v) is 15.4. The van der Waals surface area contributed by atoms with E-state index in [0.29, 0.717) is 13.1 Å². The molecule has 0 fully saturated rings. The van der Waals surface area contributed by atoms with Gasteiger partial charge >= 0.3 is 6.03 Å². The average Bonchev–Trinajstić information content (AvgIpc) is 3.16.